The molecule has 1 atom stereocenters. The van der Waals surface area contributed by atoms with Gasteiger partial charge in [0.25, 0.3) is 0 Å². The molecule has 0 saturated heterocycles. The molecule has 0 aliphatic rings. The number of halogens is 1. The first-order chi connectivity index (χ1) is 13.9. The molecule has 0 bridgehead atoms. The summed E-state index contributed by atoms with van der Waals surface area (Å²) in [7, 11) is -4.01. The standard InChI is InChI=1S/C20H25ClN2O5S/c1-2-28-19-10-9-16(14-17(19)21)29(26,27)23-18(20(25)22-11-6-12-24)13-15-7-4-3-5-8-15/h3-5,7-10,14,18,23-24H,2,6,11-13H2,1H3,(H,22,25)/t18-/m1/s1. The van der Waals surface area contributed by atoms with Gasteiger partial charge in [0.15, 0.2) is 0 Å². The fourth-order valence-corrected chi connectivity index (χ4v) is 4.15. The molecule has 0 fully saturated rings. The van der Waals surface area contributed by atoms with Crippen molar-refractivity contribution >= 4 is 27.5 Å². The predicted octanol–water partition coefficient (Wildman–Crippen LogP) is 2.13. The average Bonchev–Trinajstić information content (AvgIpc) is 2.70. The van der Waals surface area contributed by atoms with Gasteiger partial charge in [-0.3, -0.25) is 4.79 Å². The van der Waals surface area contributed by atoms with Gasteiger partial charge in [0.05, 0.1) is 16.5 Å². The molecule has 0 spiro atoms. The Hall–Kier alpha value is -2.13. The Bertz CT molecular complexity index is 906. The number of benzene rings is 2. The van der Waals surface area contributed by atoms with Crippen LogP contribution in [0.25, 0.3) is 0 Å². The van der Waals surface area contributed by atoms with E-state index in [1.54, 1.807) is 6.92 Å². The Labute approximate surface area is 176 Å². The summed E-state index contributed by atoms with van der Waals surface area (Å²) in [4.78, 5) is 12.5. The molecule has 0 heterocycles. The molecule has 29 heavy (non-hydrogen) atoms. The minimum Gasteiger partial charge on any atom is -0.492 e. The first kappa shape index (κ1) is 23.2. The number of rotatable bonds is 11. The Morgan fingerprint density at radius 2 is 1.93 bits per heavy atom. The lowest BCUT2D eigenvalue weighted by Gasteiger charge is -2.19. The third-order valence-electron chi connectivity index (χ3n) is 4.04. The van der Waals surface area contributed by atoms with Gasteiger partial charge < -0.3 is 15.2 Å². The van der Waals surface area contributed by atoms with Gasteiger partial charge in [0.1, 0.15) is 11.8 Å². The molecule has 0 aromatic heterocycles. The van der Waals surface area contributed by atoms with Crippen LogP contribution in [0.15, 0.2) is 53.4 Å². The van der Waals surface area contributed by atoms with E-state index >= 15 is 0 Å². The third-order valence-corrected chi connectivity index (χ3v) is 5.81. The van der Waals surface area contributed by atoms with E-state index < -0.39 is 22.0 Å². The van der Waals surface area contributed by atoms with Crippen LogP contribution >= 0.6 is 11.6 Å². The largest absolute Gasteiger partial charge is 0.492 e. The second-order valence-electron chi connectivity index (χ2n) is 6.26. The summed E-state index contributed by atoms with van der Waals surface area (Å²) in [5.74, 6) is -0.0846. The SMILES string of the molecule is CCOc1ccc(S(=O)(=O)N[C@H](Cc2ccccc2)C(=O)NCCCO)cc1Cl. The smallest absolute Gasteiger partial charge is 0.241 e. The molecule has 2 aromatic carbocycles. The Kier molecular flexibility index (Phi) is 8.91. The molecule has 1 amide bonds. The summed E-state index contributed by atoms with van der Waals surface area (Å²) in [6, 6.07) is 12.2. The van der Waals surface area contributed by atoms with Crippen molar-refractivity contribution in [3.05, 3.63) is 59.1 Å². The van der Waals surface area contributed by atoms with Crippen LogP contribution in [0, 0.1) is 0 Å². The molecule has 0 unspecified atom stereocenters. The van der Waals surface area contributed by atoms with Gasteiger partial charge in [0.2, 0.25) is 15.9 Å². The van der Waals surface area contributed by atoms with Crippen LogP contribution in [0.4, 0.5) is 0 Å². The minimum absolute atomic E-state index is 0.0628. The number of amides is 1. The summed E-state index contributed by atoms with van der Waals surface area (Å²) in [5, 5.41) is 11.7. The zero-order valence-electron chi connectivity index (χ0n) is 16.1. The van der Waals surface area contributed by atoms with Gasteiger partial charge in [-0.2, -0.15) is 4.72 Å². The van der Waals surface area contributed by atoms with Gasteiger partial charge in [-0.15, -0.1) is 0 Å². The molecule has 0 radical (unpaired) electrons. The summed E-state index contributed by atoms with van der Waals surface area (Å²) in [6.07, 6.45) is 0.556. The summed E-state index contributed by atoms with van der Waals surface area (Å²) >= 11 is 6.11. The van der Waals surface area contributed by atoms with Gasteiger partial charge in [-0.1, -0.05) is 41.9 Å². The van der Waals surface area contributed by atoms with Crippen molar-refractivity contribution < 1.29 is 23.1 Å². The van der Waals surface area contributed by atoms with Crippen molar-refractivity contribution in [2.75, 3.05) is 19.8 Å². The van der Waals surface area contributed by atoms with E-state index in [2.05, 4.69) is 10.0 Å². The third kappa shape index (κ3) is 7.01. The topological polar surface area (TPSA) is 105 Å². The van der Waals surface area contributed by atoms with E-state index in [1.165, 1.54) is 18.2 Å². The molecular formula is C20H25ClN2O5S. The number of hydrogen-bond acceptors (Lipinski definition) is 5. The monoisotopic (exact) mass is 440 g/mol. The van der Waals surface area contributed by atoms with Crippen molar-refractivity contribution in [3.63, 3.8) is 0 Å². The fourth-order valence-electron chi connectivity index (χ4n) is 2.63. The first-order valence-corrected chi connectivity index (χ1v) is 11.1. The quantitative estimate of drug-likeness (QED) is 0.464. The summed E-state index contributed by atoms with van der Waals surface area (Å²) in [5.41, 5.74) is 0.808. The molecule has 7 nitrogen and oxygen atoms in total. The number of carbonyl (C=O) groups excluding carboxylic acids is 1. The number of sulfonamides is 1. The maximum atomic E-state index is 12.9. The first-order valence-electron chi connectivity index (χ1n) is 9.24. The van der Waals surface area contributed by atoms with Crippen LogP contribution in [-0.2, 0) is 21.2 Å². The van der Waals surface area contributed by atoms with E-state index in [-0.39, 0.29) is 29.5 Å². The van der Waals surface area contributed by atoms with Gasteiger partial charge in [-0.25, -0.2) is 8.42 Å². The lowest BCUT2D eigenvalue weighted by Crippen LogP contribution is -2.48. The van der Waals surface area contributed by atoms with Gasteiger partial charge in [0, 0.05) is 13.2 Å². The second-order valence-corrected chi connectivity index (χ2v) is 8.38. The molecule has 0 saturated carbocycles. The number of hydrogen-bond donors (Lipinski definition) is 3. The molecule has 3 N–H and O–H groups in total. The number of aliphatic hydroxyl groups is 1. The van der Waals surface area contributed by atoms with Crippen LogP contribution in [0.3, 0.4) is 0 Å². The molecule has 9 heteroatoms. The number of carbonyl (C=O) groups is 1. The number of nitrogens with one attached hydrogen (secondary N) is 2. The van der Waals surface area contributed by atoms with Crippen LogP contribution in [0.2, 0.25) is 5.02 Å². The Morgan fingerprint density at radius 1 is 1.21 bits per heavy atom. The highest BCUT2D eigenvalue weighted by atomic mass is 35.5. The maximum absolute atomic E-state index is 12.9. The zero-order valence-corrected chi connectivity index (χ0v) is 17.7. The molecule has 158 valence electrons. The van der Waals surface area contributed by atoms with E-state index in [0.717, 1.165) is 5.56 Å². The van der Waals surface area contributed by atoms with Gasteiger partial charge in [-0.05, 0) is 43.5 Å². The minimum atomic E-state index is -4.01. The predicted molar refractivity (Wildman–Crippen MR) is 112 cm³/mol. The second kappa shape index (κ2) is 11.2. The maximum Gasteiger partial charge on any atom is 0.241 e. The lowest BCUT2D eigenvalue weighted by atomic mass is 10.1. The lowest BCUT2D eigenvalue weighted by molar-refractivity contribution is -0.122. The van der Waals surface area contributed by atoms with E-state index in [9.17, 15) is 13.2 Å². The number of ether oxygens (including phenoxy) is 1. The van der Waals surface area contributed by atoms with Crippen molar-refractivity contribution in [1.82, 2.24) is 10.0 Å². The van der Waals surface area contributed by atoms with Crippen LogP contribution in [0.5, 0.6) is 5.75 Å². The van der Waals surface area contributed by atoms with Crippen molar-refractivity contribution in [2.24, 2.45) is 0 Å². The number of aliphatic hydroxyl groups excluding tert-OH is 1. The normalized spacial score (nSPS) is 12.4. The average molecular weight is 441 g/mol. The van der Waals surface area contributed by atoms with Crippen LogP contribution < -0.4 is 14.8 Å². The molecule has 0 aliphatic heterocycles. The van der Waals surface area contributed by atoms with Crippen molar-refractivity contribution in [2.45, 2.75) is 30.7 Å². The summed E-state index contributed by atoms with van der Waals surface area (Å²) < 4.78 is 33.5. The molecular weight excluding hydrogens is 416 g/mol. The van der Waals surface area contributed by atoms with E-state index in [1.807, 2.05) is 30.3 Å². The Morgan fingerprint density at radius 3 is 2.55 bits per heavy atom. The van der Waals surface area contributed by atoms with E-state index in [0.29, 0.717) is 18.8 Å². The molecule has 0 aliphatic carbocycles. The highest BCUT2D eigenvalue weighted by Crippen LogP contribution is 2.27. The summed E-state index contributed by atoms with van der Waals surface area (Å²) in [6.45, 7) is 2.38. The molecule has 2 rings (SSSR count). The van der Waals surface area contributed by atoms with E-state index in [4.69, 9.17) is 21.4 Å². The van der Waals surface area contributed by atoms with Crippen LogP contribution in [-0.4, -0.2) is 45.2 Å². The fraction of sp³-hybridized carbons (Fsp3) is 0.350. The van der Waals surface area contributed by atoms with Crippen molar-refractivity contribution in [3.8, 4) is 5.75 Å². The molecule has 2 aromatic rings. The van der Waals surface area contributed by atoms with Gasteiger partial charge >= 0.3 is 0 Å². The van der Waals surface area contributed by atoms with Crippen LogP contribution in [0.1, 0.15) is 18.9 Å². The zero-order chi connectivity index (χ0) is 21.3. The highest BCUT2D eigenvalue weighted by Gasteiger charge is 2.26. The Balaban J connectivity index is 2.23. The highest BCUT2D eigenvalue weighted by molar-refractivity contribution is 7.89. The van der Waals surface area contributed by atoms with Crippen molar-refractivity contribution in [1.29, 1.82) is 0 Å².